The molecular weight excluding hydrogens is 340 g/mol. The van der Waals surface area contributed by atoms with Crippen LogP contribution in [0.4, 0.5) is 5.69 Å². The van der Waals surface area contributed by atoms with Crippen LogP contribution in [-0.4, -0.2) is 35.0 Å². The fraction of sp³-hybridized carbons (Fsp3) is 0.167. The topological polar surface area (TPSA) is 71.1 Å². The van der Waals surface area contributed by atoms with E-state index in [4.69, 9.17) is 16.3 Å². The van der Waals surface area contributed by atoms with Crippen molar-refractivity contribution >= 4 is 23.2 Å². The van der Waals surface area contributed by atoms with Gasteiger partial charge in [0.2, 0.25) is 5.88 Å². The molecule has 1 aromatic carbocycles. The summed E-state index contributed by atoms with van der Waals surface area (Å²) in [6, 6.07) is 10.8. The molecule has 2 aromatic heterocycles. The molecule has 1 N–H and O–H groups in total. The number of amides is 1. The quantitative estimate of drug-likeness (QED) is 0.773. The molecule has 3 aromatic rings. The molecule has 2 heterocycles. The minimum absolute atomic E-state index is 0.228. The van der Waals surface area contributed by atoms with Crippen LogP contribution >= 0.6 is 11.6 Å². The Hall–Kier alpha value is -2.86. The lowest BCUT2D eigenvalue weighted by Crippen LogP contribution is -2.27. The first kappa shape index (κ1) is 17.0. The Kier molecular flexibility index (Phi) is 4.72. The highest BCUT2D eigenvalue weighted by Gasteiger charge is 2.20. The maximum Gasteiger partial charge on any atom is 0.278 e. The monoisotopic (exact) mass is 356 g/mol. The number of nitrogens with one attached hydrogen (secondary N) is 1. The van der Waals surface area contributed by atoms with Gasteiger partial charge in [-0.3, -0.25) is 4.79 Å². The number of carbonyl (C=O) groups is 1. The molecule has 7 heteroatoms. The van der Waals surface area contributed by atoms with E-state index in [-0.39, 0.29) is 5.91 Å². The van der Waals surface area contributed by atoms with Gasteiger partial charge in [-0.1, -0.05) is 23.7 Å². The van der Waals surface area contributed by atoms with Crippen molar-refractivity contribution in [2.24, 2.45) is 0 Å². The van der Waals surface area contributed by atoms with E-state index in [2.05, 4.69) is 15.0 Å². The Balaban J connectivity index is 1.89. The number of pyridine rings is 1. The number of hydrogen-bond donors (Lipinski definition) is 1. The Bertz CT molecular complexity index is 906. The zero-order valence-corrected chi connectivity index (χ0v) is 14.8. The normalized spacial score (nSPS) is 10.6. The average Bonchev–Trinajstić information content (AvgIpc) is 3.02. The summed E-state index contributed by atoms with van der Waals surface area (Å²) in [6.07, 6.45) is 1.58. The molecule has 0 unspecified atom stereocenters. The first-order valence-corrected chi connectivity index (χ1v) is 7.98. The zero-order chi connectivity index (χ0) is 18.0. The van der Waals surface area contributed by atoms with Crippen LogP contribution < -0.4 is 9.64 Å². The number of hydrogen-bond acceptors (Lipinski definition) is 4. The summed E-state index contributed by atoms with van der Waals surface area (Å²) in [5.41, 5.74) is 2.52. The summed E-state index contributed by atoms with van der Waals surface area (Å²) in [5.74, 6) is 0.863. The van der Waals surface area contributed by atoms with Crippen LogP contribution in [0.25, 0.3) is 11.4 Å². The Morgan fingerprint density at radius 3 is 2.72 bits per heavy atom. The van der Waals surface area contributed by atoms with E-state index in [1.54, 1.807) is 44.6 Å². The fourth-order valence-corrected chi connectivity index (χ4v) is 2.60. The lowest BCUT2D eigenvalue weighted by molar-refractivity contribution is 0.0988. The molecule has 25 heavy (non-hydrogen) atoms. The number of methoxy groups -OCH3 is 1. The van der Waals surface area contributed by atoms with Crippen molar-refractivity contribution in [1.82, 2.24) is 15.0 Å². The van der Waals surface area contributed by atoms with Crippen molar-refractivity contribution in [3.63, 3.8) is 0 Å². The van der Waals surface area contributed by atoms with E-state index >= 15 is 0 Å². The molecular formula is C18H17ClN4O2. The maximum atomic E-state index is 12.8. The van der Waals surface area contributed by atoms with E-state index < -0.39 is 0 Å². The molecule has 0 radical (unpaired) electrons. The van der Waals surface area contributed by atoms with Gasteiger partial charge in [-0.25, -0.2) is 9.97 Å². The summed E-state index contributed by atoms with van der Waals surface area (Å²) < 4.78 is 5.03. The number of aryl methyl sites for hydroxylation is 1. The smallest absolute Gasteiger partial charge is 0.278 e. The third-order valence-corrected chi connectivity index (χ3v) is 4.04. The number of anilines is 1. The minimum Gasteiger partial charge on any atom is -0.481 e. The molecule has 0 saturated heterocycles. The first-order chi connectivity index (χ1) is 12.0. The van der Waals surface area contributed by atoms with Crippen molar-refractivity contribution in [3.8, 4) is 17.3 Å². The van der Waals surface area contributed by atoms with Gasteiger partial charge in [0.05, 0.1) is 19.0 Å². The van der Waals surface area contributed by atoms with Crippen LogP contribution in [0.3, 0.4) is 0 Å². The second-order valence-electron chi connectivity index (χ2n) is 5.49. The first-order valence-electron chi connectivity index (χ1n) is 7.60. The summed E-state index contributed by atoms with van der Waals surface area (Å²) in [4.78, 5) is 26.0. The molecule has 0 aliphatic carbocycles. The van der Waals surface area contributed by atoms with Crippen LogP contribution in [-0.2, 0) is 0 Å². The fourth-order valence-electron chi connectivity index (χ4n) is 2.41. The second kappa shape index (κ2) is 6.94. The average molecular weight is 357 g/mol. The number of rotatable bonds is 4. The number of benzene rings is 1. The van der Waals surface area contributed by atoms with Crippen LogP contribution in [0.15, 0.2) is 42.6 Å². The summed E-state index contributed by atoms with van der Waals surface area (Å²) >= 11 is 6.03. The van der Waals surface area contributed by atoms with Crippen molar-refractivity contribution < 1.29 is 9.53 Å². The molecule has 0 fully saturated rings. The summed E-state index contributed by atoms with van der Waals surface area (Å²) in [6.45, 7) is 1.81. The lowest BCUT2D eigenvalue weighted by Gasteiger charge is -2.16. The largest absolute Gasteiger partial charge is 0.481 e. The van der Waals surface area contributed by atoms with E-state index in [1.807, 2.05) is 19.1 Å². The van der Waals surface area contributed by atoms with Crippen molar-refractivity contribution in [2.45, 2.75) is 6.92 Å². The molecule has 0 saturated carbocycles. The number of imidazole rings is 1. The third kappa shape index (κ3) is 3.49. The standard InChI is InChI=1S/C18H17ClN4O2/c1-11-16(22-17(21-11)12-5-4-6-13(19)9-12)18(24)23(2)14-7-8-15(25-3)20-10-14/h4-10H,1-3H3,(H,21,22). The number of halogens is 1. The van der Waals surface area contributed by atoms with E-state index in [0.717, 1.165) is 5.56 Å². The van der Waals surface area contributed by atoms with Gasteiger partial charge in [0, 0.05) is 29.4 Å². The molecule has 3 rings (SSSR count). The molecule has 0 aliphatic heterocycles. The highest BCUT2D eigenvalue weighted by atomic mass is 35.5. The van der Waals surface area contributed by atoms with Gasteiger partial charge in [0.15, 0.2) is 0 Å². The molecule has 128 valence electrons. The van der Waals surface area contributed by atoms with E-state index in [9.17, 15) is 4.79 Å². The summed E-state index contributed by atoms with van der Waals surface area (Å²) in [7, 11) is 3.22. The number of ether oxygens (including phenoxy) is 1. The molecule has 0 spiro atoms. The lowest BCUT2D eigenvalue weighted by atomic mass is 10.2. The van der Waals surface area contributed by atoms with Gasteiger partial charge in [-0.05, 0) is 25.1 Å². The predicted octanol–water partition coefficient (Wildman–Crippen LogP) is 3.72. The number of H-pyrrole nitrogens is 1. The van der Waals surface area contributed by atoms with Gasteiger partial charge < -0.3 is 14.6 Å². The van der Waals surface area contributed by atoms with Crippen molar-refractivity contribution in [3.05, 3.63) is 59.0 Å². The predicted molar refractivity (Wildman–Crippen MR) is 97.3 cm³/mol. The number of carbonyl (C=O) groups excluding carboxylic acids is 1. The Morgan fingerprint density at radius 1 is 1.28 bits per heavy atom. The van der Waals surface area contributed by atoms with Gasteiger partial charge in [-0.2, -0.15) is 0 Å². The van der Waals surface area contributed by atoms with Gasteiger partial charge >= 0.3 is 0 Å². The summed E-state index contributed by atoms with van der Waals surface area (Å²) in [5, 5.41) is 0.612. The number of nitrogens with zero attached hydrogens (tertiary/aromatic N) is 3. The van der Waals surface area contributed by atoms with E-state index in [1.165, 1.54) is 4.90 Å². The molecule has 0 aliphatic rings. The number of aromatic nitrogens is 3. The van der Waals surface area contributed by atoms with Crippen molar-refractivity contribution in [1.29, 1.82) is 0 Å². The van der Waals surface area contributed by atoms with E-state index in [0.29, 0.717) is 33.8 Å². The van der Waals surface area contributed by atoms with Crippen molar-refractivity contribution in [2.75, 3.05) is 19.1 Å². The third-order valence-electron chi connectivity index (χ3n) is 3.81. The highest BCUT2D eigenvalue weighted by Crippen LogP contribution is 2.23. The highest BCUT2D eigenvalue weighted by molar-refractivity contribution is 6.30. The molecule has 6 nitrogen and oxygen atoms in total. The minimum atomic E-state index is -0.228. The van der Waals surface area contributed by atoms with Crippen LogP contribution in [0.1, 0.15) is 16.2 Å². The van der Waals surface area contributed by atoms with Gasteiger partial charge in [0.1, 0.15) is 11.5 Å². The van der Waals surface area contributed by atoms with Crippen LogP contribution in [0.5, 0.6) is 5.88 Å². The Labute approximate surface area is 150 Å². The molecule has 0 bridgehead atoms. The van der Waals surface area contributed by atoms with Crippen LogP contribution in [0, 0.1) is 6.92 Å². The molecule has 0 atom stereocenters. The Morgan fingerprint density at radius 2 is 2.08 bits per heavy atom. The molecule has 1 amide bonds. The number of aromatic amines is 1. The second-order valence-corrected chi connectivity index (χ2v) is 5.93. The van der Waals surface area contributed by atoms with Gasteiger partial charge in [-0.15, -0.1) is 0 Å². The maximum absolute atomic E-state index is 12.8. The zero-order valence-electron chi connectivity index (χ0n) is 14.1. The SMILES string of the molecule is COc1ccc(N(C)C(=O)c2nc(-c3cccc(Cl)c3)[nH]c2C)cn1. The van der Waals surface area contributed by atoms with Gasteiger partial charge in [0.25, 0.3) is 5.91 Å². The van der Waals surface area contributed by atoms with Crippen LogP contribution in [0.2, 0.25) is 5.02 Å².